The molecule has 1 heterocycles. The van der Waals surface area contributed by atoms with E-state index in [0.717, 1.165) is 11.4 Å². The van der Waals surface area contributed by atoms with Crippen LogP contribution in [0, 0.1) is 0 Å². The number of likely N-dealkylation sites (N-methyl/N-ethyl adjacent to an activating group) is 1. The normalized spacial score (nSPS) is 12.7. The maximum atomic E-state index is 6.22. The molecule has 0 saturated heterocycles. The number of aromatic nitrogens is 3. The van der Waals surface area contributed by atoms with Crippen molar-refractivity contribution in [1.82, 2.24) is 20.1 Å². The van der Waals surface area contributed by atoms with E-state index in [1.807, 2.05) is 26.2 Å². The zero-order chi connectivity index (χ0) is 13.1. The molecule has 0 aliphatic rings. The zero-order valence-electron chi connectivity index (χ0n) is 10.2. The van der Waals surface area contributed by atoms with Gasteiger partial charge in [-0.25, -0.2) is 4.98 Å². The van der Waals surface area contributed by atoms with Crippen LogP contribution in [0.15, 0.2) is 24.5 Å². The predicted octanol–water partition coefficient (Wildman–Crippen LogP) is 2.63. The predicted molar refractivity (Wildman–Crippen MR) is 73.0 cm³/mol. The SMILES string of the molecule is CNC(Cc1ncnn1C)c1ccc(Cl)cc1Cl. The molecule has 2 aromatic rings. The highest BCUT2D eigenvalue weighted by Gasteiger charge is 2.16. The van der Waals surface area contributed by atoms with Crippen molar-refractivity contribution in [2.24, 2.45) is 7.05 Å². The van der Waals surface area contributed by atoms with E-state index in [2.05, 4.69) is 15.4 Å². The summed E-state index contributed by atoms with van der Waals surface area (Å²) in [5.41, 5.74) is 1.01. The van der Waals surface area contributed by atoms with Gasteiger partial charge < -0.3 is 5.32 Å². The van der Waals surface area contributed by atoms with E-state index in [9.17, 15) is 0 Å². The Bertz CT molecular complexity index is 539. The van der Waals surface area contributed by atoms with Crippen LogP contribution < -0.4 is 5.32 Å². The Morgan fingerprint density at radius 2 is 2.17 bits per heavy atom. The van der Waals surface area contributed by atoms with Gasteiger partial charge in [0.25, 0.3) is 0 Å². The molecule has 0 aliphatic carbocycles. The third-order valence-corrected chi connectivity index (χ3v) is 3.44. The van der Waals surface area contributed by atoms with E-state index in [-0.39, 0.29) is 6.04 Å². The Morgan fingerprint density at radius 3 is 2.72 bits per heavy atom. The number of benzene rings is 1. The molecule has 2 rings (SSSR count). The summed E-state index contributed by atoms with van der Waals surface area (Å²) in [7, 11) is 3.77. The average Bonchev–Trinajstić information content (AvgIpc) is 2.73. The lowest BCUT2D eigenvalue weighted by atomic mass is 10.0. The minimum atomic E-state index is 0.0812. The lowest BCUT2D eigenvalue weighted by Crippen LogP contribution is -2.21. The second-order valence-electron chi connectivity index (χ2n) is 4.01. The van der Waals surface area contributed by atoms with Crippen LogP contribution in [0.3, 0.4) is 0 Å². The first-order valence-corrected chi connectivity index (χ1v) is 6.32. The molecule has 0 aliphatic heterocycles. The molecule has 0 bridgehead atoms. The van der Waals surface area contributed by atoms with Crippen LogP contribution in [0.4, 0.5) is 0 Å². The van der Waals surface area contributed by atoms with Gasteiger partial charge in [0, 0.05) is 29.6 Å². The molecular weight excluding hydrogens is 271 g/mol. The molecule has 4 nitrogen and oxygen atoms in total. The fourth-order valence-corrected chi connectivity index (χ4v) is 2.38. The van der Waals surface area contributed by atoms with E-state index in [4.69, 9.17) is 23.2 Å². The molecule has 1 aromatic heterocycles. The fourth-order valence-electron chi connectivity index (χ4n) is 1.84. The van der Waals surface area contributed by atoms with E-state index >= 15 is 0 Å². The van der Waals surface area contributed by atoms with Gasteiger partial charge in [0.2, 0.25) is 0 Å². The summed E-state index contributed by atoms with van der Waals surface area (Å²) in [4.78, 5) is 4.22. The van der Waals surface area contributed by atoms with Crippen LogP contribution in [0.25, 0.3) is 0 Å². The van der Waals surface area contributed by atoms with Crippen LogP contribution in [-0.2, 0) is 13.5 Å². The number of hydrogen-bond donors (Lipinski definition) is 1. The smallest absolute Gasteiger partial charge is 0.138 e. The quantitative estimate of drug-likeness (QED) is 0.939. The Balaban J connectivity index is 2.26. The Hall–Kier alpha value is -1.10. The molecule has 96 valence electrons. The molecule has 0 fully saturated rings. The number of rotatable bonds is 4. The average molecular weight is 285 g/mol. The fraction of sp³-hybridized carbons (Fsp3) is 0.333. The van der Waals surface area contributed by atoms with E-state index < -0.39 is 0 Å². The lowest BCUT2D eigenvalue weighted by Gasteiger charge is -2.17. The van der Waals surface area contributed by atoms with Gasteiger partial charge in [-0.05, 0) is 24.7 Å². The van der Waals surface area contributed by atoms with Gasteiger partial charge in [-0.2, -0.15) is 5.10 Å². The maximum Gasteiger partial charge on any atom is 0.138 e. The van der Waals surface area contributed by atoms with Gasteiger partial charge in [-0.3, -0.25) is 4.68 Å². The van der Waals surface area contributed by atoms with E-state index in [1.165, 1.54) is 0 Å². The van der Waals surface area contributed by atoms with Crippen molar-refractivity contribution in [3.05, 3.63) is 46.0 Å². The monoisotopic (exact) mass is 284 g/mol. The molecule has 1 aromatic carbocycles. The highest BCUT2D eigenvalue weighted by atomic mass is 35.5. The largest absolute Gasteiger partial charge is 0.313 e. The van der Waals surface area contributed by atoms with Crippen molar-refractivity contribution in [3.63, 3.8) is 0 Å². The van der Waals surface area contributed by atoms with Gasteiger partial charge in [-0.15, -0.1) is 0 Å². The summed E-state index contributed by atoms with van der Waals surface area (Å²) in [5, 5.41) is 8.59. The summed E-state index contributed by atoms with van der Waals surface area (Å²) in [6.45, 7) is 0. The van der Waals surface area contributed by atoms with Crippen LogP contribution in [-0.4, -0.2) is 21.8 Å². The van der Waals surface area contributed by atoms with Crippen molar-refractivity contribution >= 4 is 23.2 Å². The molecule has 0 radical (unpaired) electrons. The molecule has 1 N–H and O–H groups in total. The molecule has 1 atom stereocenters. The van der Waals surface area contributed by atoms with E-state index in [0.29, 0.717) is 16.5 Å². The molecule has 18 heavy (non-hydrogen) atoms. The number of hydrogen-bond acceptors (Lipinski definition) is 3. The molecule has 1 unspecified atom stereocenters. The summed E-state index contributed by atoms with van der Waals surface area (Å²) in [6, 6.07) is 5.60. The molecule has 0 spiro atoms. The minimum Gasteiger partial charge on any atom is -0.313 e. The Kier molecular flexibility index (Phi) is 4.22. The first-order chi connectivity index (χ1) is 8.61. The molecular formula is C12H14Cl2N4. The van der Waals surface area contributed by atoms with Crippen LogP contribution >= 0.6 is 23.2 Å². The number of nitrogens with zero attached hydrogens (tertiary/aromatic N) is 3. The van der Waals surface area contributed by atoms with Gasteiger partial charge in [0.1, 0.15) is 12.2 Å². The molecule has 0 saturated carbocycles. The van der Waals surface area contributed by atoms with Crippen LogP contribution in [0.5, 0.6) is 0 Å². The molecule has 0 amide bonds. The minimum absolute atomic E-state index is 0.0812. The van der Waals surface area contributed by atoms with Crippen molar-refractivity contribution < 1.29 is 0 Å². The molecule has 6 heteroatoms. The van der Waals surface area contributed by atoms with Gasteiger partial charge in [0.15, 0.2) is 0 Å². The van der Waals surface area contributed by atoms with Crippen molar-refractivity contribution in [1.29, 1.82) is 0 Å². The highest BCUT2D eigenvalue weighted by Crippen LogP contribution is 2.27. The van der Waals surface area contributed by atoms with E-state index in [1.54, 1.807) is 17.1 Å². The van der Waals surface area contributed by atoms with Crippen LogP contribution in [0.2, 0.25) is 10.0 Å². The summed E-state index contributed by atoms with van der Waals surface area (Å²) in [6.07, 6.45) is 2.26. The number of aryl methyl sites for hydroxylation is 1. The second kappa shape index (κ2) is 5.69. The van der Waals surface area contributed by atoms with Crippen molar-refractivity contribution in [2.75, 3.05) is 7.05 Å². The van der Waals surface area contributed by atoms with Gasteiger partial charge in [-0.1, -0.05) is 29.3 Å². The first kappa shape index (κ1) is 13.3. The number of halogens is 2. The summed E-state index contributed by atoms with van der Waals surface area (Å²) < 4.78 is 1.76. The highest BCUT2D eigenvalue weighted by molar-refractivity contribution is 6.35. The van der Waals surface area contributed by atoms with Gasteiger partial charge in [0.05, 0.1) is 0 Å². The number of nitrogens with one attached hydrogen (secondary N) is 1. The van der Waals surface area contributed by atoms with Crippen molar-refractivity contribution in [3.8, 4) is 0 Å². The summed E-state index contributed by atoms with van der Waals surface area (Å²) >= 11 is 12.1. The zero-order valence-corrected chi connectivity index (χ0v) is 11.7. The third-order valence-electron chi connectivity index (χ3n) is 2.88. The topological polar surface area (TPSA) is 42.7 Å². The second-order valence-corrected chi connectivity index (χ2v) is 4.85. The van der Waals surface area contributed by atoms with Gasteiger partial charge >= 0.3 is 0 Å². The van der Waals surface area contributed by atoms with Crippen molar-refractivity contribution in [2.45, 2.75) is 12.5 Å². The Morgan fingerprint density at radius 1 is 1.39 bits per heavy atom. The maximum absolute atomic E-state index is 6.22. The first-order valence-electron chi connectivity index (χ1n) is 5.57. The third kappa shape index (κ3) is 2.83. The van der Waals surface area contributed by atoms with Crippen LogP contribution in [0.1, 0.15) is 17.4 Å². The lowest BCUT2D eigenvalue weighted by molar-refractivity contribution is 0.553. The Labute approximate surface area is 116 Å². The standard InChI is InChI=1S/C12H14Cl2N4/c1-15-11(6-12-16-7-17-18(12)2)9-4-3-8(13)5-10(9)14/h3-5,7,11,15H,6H2,1-2H3. The summed E-state index contributed by atoms with van der Waals surface area (Å²) in [5.74, 6) is 0.903.